The van der Waals surface area contributed by atoms with E-state index in [0.717, 1.165) is 25.7 Å². The van der Waals surface area contributed by atoms with E-state index in [-0.39, 0.29) is 12.4 Å². The van der Waals surface area contributed by atoms with Crippen LogP contribution in [0, 0.1) is 0 Å². The van der Waals surface area contributed by atoms with Gasteiger partial charge in [0.2, 0.25) is 0 Å². The van der Waals surface area contributed by atoms with Crippen LogP contribution >= 0.6 is 0 Å². The Morgan fingerprint density at radius 3 is 1.50 bits per heavy atom. The molecule has 0 saturated carbocycles. The summed E-state index contributed by atoms with van der Waals surface area (Å²) >= 11 is 0. The summed E-state index contributed by atoms with van der Waals surface area (Å²) in [6.45, 7) is 14.3. The van der Waals surface area contributed by atoms with E-state index >= 15 is 0 Å². The Morgan fingerprint density at radius 1 is 0.679 bits per heavy atom. The van der Waals surface area contributed by atoms with Gasteiger partial charge < -0.3 is 9.84 Å². The molecule has 1 N–H and O–H groups in total. The van der Waals surface area contributed by atoms with Gasteiger partial charge in [0.1, 0.15) is 6.61 Å². The van der Waals surface area contributed by atoms with E-state index < -0.39 is 5.97 Å². The Labute approximate surface area is 172 Å². The molecule has 0 aliphatic carbocycles. The van der Waals surface area contributed by atoms with E-state index in [0.29, 0.717) is 13.0 Å². The Morgan fingerprint density at radius 2 is 1.11 bits per heavy atom. The first kappa shape index (κ1) is 28.1. The molecule has 0 atom stereocenters. The molecule has 0 rings (SSSR count). The van der Waals surface area contributed by atoms with E-state index in [2.05, 4.69) is 53.7 Å². The molecule has 0 amide bonds. The van der Waals surface area contributed by atoms with Crippen molar-refractivity contribution < 1.29 is 19.4 Å². The predicted molar refractivity (Wildman–Crippen MR) is 118 cm³/mol. The zero-order valence-electron chi connectivity index (χ0n) is 18.9. The molecular formula is C24H40O4. The molecule has 160 valence electrons. The van der Waals surface area contributed by atoms with Crippen molar-refractivity contribution in [3.63, 3.8) is 0 Å². The molecule has 0 unspecified atom stereocenters. The van der Waals surface area contributed by atoms with Crippen LogP contribution < -0.4 is 0 Å². The van der Waals surface area contributed by atoms with Crippen molar-refractivity contribution >= 4 is 11.9 Å². The van der Waals surface area contributed by atoms with Gasteiger partial charge in [-0.3, -0.25) is 9.59 Å². The van der Waals surface area contributed by atoms with Gasteiger partial charge in [0, 0.05) is 13.3 Å². The van der Waals surface area contributed by atoms with Crippen LogP contribution in [0.15, 0.2) is 46.6 Å². The maximum absolute atomic E-state index is 10.5. The van der Waals surface area contributed by atoms with Gasteiger partial charge in [-0.25, -0.2) is 0 Å². The number of hydrogen-bond acceptors (Lipinski definition) is 3. The zero-order valence-corrected chi connectivity index (χ0v) is 18.9. The van der Waals surface area contributed by atoms with Crippen molar-refractivity contribution in [3.8, 4) is 0 Å². The molecule has 0 fully saturated rings. The highest BCUT2D eigenvalue weighted by atomic mass is 16.5. The molecule has 4 heteroatoms. The zero-order chi connectivity index (χ0) is 21.9. The van der Waals surface area contributed by atoms with Crippen LogP contribution in [0.4, 0.5) is 0 Å². The fraction of sp³-hybridized carbons (Fsp3) is 0.583. The minimum atomic E-state index is -0.724. The van der Waals surface area contributed by atoms with Crippen LogP contribution in [0.3, 0.4) is 0 Å². The number of carbonyl (C=O) groups excluding carboxylic acids is 1. The number of carbonyl (C=O) groups is 2. The molecule has 0 aliphatic rings. The maximum atomic E-state index is 10.5. The SMILES string of the molecule is CC(=O)OCC=C(C)CCC=C(C)C.CC(C)=CCC/C(C)=C\CCC(=O)O. The fourth-order valence-corrected chi connectivity index (χ4v) is 2.12. The lowest BCUT2D eigenvalue weighted by Gasteiger charge is -2.00. The maximum Gasteiger partial charge on any atom is 0.303 e. The Hall–Kier alpha value is -2.10. The first-order chi connectivity index (χ1) is 13.0. The molecule has 0 radical (unpaired) electrons. The molecule has 28 heavy (non-hydrogen) atoms. The molecule has 0 bridgehead atoms. The summed E-state index contributed by atoms with van der Waals surface area (Å²) in [6, 6.07) is 0. The van der Waals surface area contributed by atoms with Crippen molar-refractivity contribution in [3.05, 3.63) is 46.6 Å². The number of allylic oxidation sites excluding steroid dienone is 7. The van der Waals surface area contributed by atoms with E-state index in [4.69, 9.17) is 9.84 Å². The predicted octanol–water partition coefficient (Wildman–Crippen LogP) is 6.79. The number of ether oxygens (including phenoxy) is 1. The topological polar surface area (TPSA) is 63.6 Å². The van der Waals surface area contributed by atoms with Crippen molar-refractivity contribution in [2.75, 3.05) is 6.61 Å². The largest absolute Gasteiger partial charge is 0.481 e. The summed E-state index contributed by atoms with van der Waals surface area (Å²) in [5.74, 6) is -0.948. The second-order valence-corrected chi connectivity index (χ2v) is 7.48. The van der Waals surface area contributed by atoms with E-state index in [9.17, 15) is 9.59 Å². The van der Waals surface area contributed by atoms with E-state index in [1.807, 2.05) is 12.2 Å². The van der Waals surface area contributed by atoms with Gasteiger partial charge in [0.25, 0.3) is 0 Å². The molecular weight excluding hydrogens is 352 g/mol. The Balaban J connectivity index is 0. The van der Waals surface area contributed by atoms with Gasteiger partial charge >= 0.3 is 11.9 Å². The summed E-state index contributed by atoms with van der Waals surface area (Å²) in [6.07, 6.45) is 13.5. The molecule has 0 heterocycles. The standard InChI is InChI=1S/2C12H20O2/c1-10(2)6-5-7-11(3)8-9-14-12(4)13;1-10(2)6-4-7-11(3)8-5-9-12(13)14/h6,8H,5,7,9H2,1-4H3;6,8H,4-5,7,9H2,1-3H3,(H,13,14)/b;11-8-. The molecule has 4 nitrogen and oxygen atoms in total. The van der Waals surface area contributed by atoms with Crippen LogP contribution in [-0.4, -0.2) is 23.7 Å². The lowest BCUT2D eigenvalue weighted by Crippen LogP contribution is -1.98. The summed E-state index contributed by atoms with van der Waals surface area (Å²) in [5, 5.41) is 8.44. The van der Waals surface area contributed by atoms with Gasteiger partial charge in [-0.05, 0) is 79.7 Å². The highest BCUT2D eigenvalue weighted by molar-refractivity contribution is 5.66. The molecule has 0 aromatic carbocycles. The minimum absolute atomic E-state index is 0.224. The van der Waals surface area contributed by atoms with Crippen molar-refractivity contribution in [2.24, 2.45) is 0 Å². The van der Waals surface area contributed by atoms with Gasteiger partial charge in [-0.2, -0.15) is 0 Å². The summed E-state index contributed by atoms with van der Waals surface area (Å²) < 4.78 is 4.81. The summed E-state index contributed by atoms with van der Waals surface area (Å²) in [5.41, 5.74) is 5.23. The lowest BCUT2D eigenvalue weighted by atomic mass is 10.1. The van der Waals surface area contributed by atoms with Crippen LogP contribution in [0.5, 0.6) is 0 Å². The fourth-order valence-electron chi connectivity index (χ4n) is 2.12. The summed E-state index contributed by atoms with van der Waals surface area (Å²) in [7, 11) is 0. The van der Waals surface area contributed by atoms with Gasteiger partial charge in [0.15, 0.2) is 0 Å². The van der Waals surface area contributed by atoms with Crippen LogP contribution in [0.25, 0.3) is 0 Å². The van der Waals surface area contributed by atoms with Crippen LogP contribution in [0.2, 0.25) is 0 Å². The van der Waals surface area contributed by atoms with Crippen molar-refractivity contribution in [2.45, 2.75) is 87.0 Å². The Bertz CT molecular complexity index is 517. The highest BCUT2D eigenvalue weighted by Crippen LogP contribution is 2.08. The second kappa shape index (κ2) is 18.3. The third-order valence-electron chi connectivity index (χ3n) is 3.75. The van der Waals surface area contributed by atoms with Gasteiger partial charge in [-0.15, -0.1) is 0 Å². The monoisotopic (exact) mass is 392 g/mol. The van der Waals surface area contributed by atoms with Gasteiger partial charge in [0.05, 0.1) is 0 Å². The van der Waals surface area contributed by atoms with E-state index in [1.54, 1.807) is 0 Å². The number of hydrogen-bond donors (Lipinski definition) is 1. The van der Waals surface area contributed by atoms with Crippen LogP contribution in [0.1, 0.15) is 87.0 Å². The van der Waals surface area contributed by atoms with Crippen LogP contribution in [-0.2, 0) is 14.3 Å². The normalized spacial score (nSPS) is 11.1. The molecule has 0 aliphatic heterocycles. The Kier molecular flexibility index (Phi) is 18.3. The van der Waals surface area contributed by atoms with Gasteiger partial charge in [-0.1, -0.05) is 40.5 Å². The molecule has 0 spiro atoms. The smallest absolute Gasteiger partial charge is 0.303 e. The van der Waals surface area contributed by atoms with Crippen molar-refractivity contribution in [1.82, 2.24) is 0 Å². The van der Waals surface area contributed by atoms with Crippen molar-refractivity contribution in [1.29, 1.82) is 0 Å². The number of carboxylic acids is 1. The second-order valence-electron chi connectivity index (χ2n) is 7.48. The minimum Gasteiger partial charge on any atom is -0.481 e. The number of esters is 1. The number of carboxylic acid groups (broad SMARTS) is 1. The summed E-state index contributed by atoms with van der Waals surface area (Å²) in [4.78, 5) is 20.7. The average Bonchev–Trinajstić information content (AvgIpc) is 2.54. The molecule has 0 aromatic heterocycles. The quantitative estimate of drug-likeness (QED) is 0.311. The van der Waals surface area contributed by atoms with E-state index in [1.165, 1.54) is 29.2 Å². The molecule has 0 saturated heterocycles. The number of rotatable bonds is 11. The first-order valence-corrected chi connectivity index (χ1v) is 9.97. The molecule has 0 aromatic rings. The third kappa shape index (κ3) is 26.1. The number of aliphatic carboxylic acids is 1. The highest BCUT2D eigenvalue weighted by Gasteiger charge is 1.94. The average molecular weight is 393 g/mol. The first-order valence-electron chi connectivity index (χ1n) is 9.97. The lowest BCUT2D eigenvalue weighted by molar-refractivity contribution is -0.140. The third-order valence-corrected chi connectivity index (χ3v) is 3.75.